The smallest absolute Gasteiger partial charge is 0.0948 e. The summed E-state index contributed by atoms with van der Waals surface area (Å²) in [4.78, 5) is 4.42. The second-order valence-electron chi connectivity index (χ2n) is 4.49. The summed E-state index contributed by atoms with van der Waals surface area (Å²) in [7, 11) is 0. The van der Waals surface area contributed by atoms with Gasteiger partial charge in [0, 0.05) is 24.3 Å². The van der Waals surface area contributed by atoms with Crippen molar-refractivity contribution in [1.29, 1.82) is 0 Å². The van der Waals surface area contributed by atoms with Gasteiger partial charge >= 0.3 is 0 Å². The van der Waals surface area contributed by atoms with Gasteiger partial charge in [-0.25, -0.2) is 0 Å². The molecule has 5 heteroatoms. The molecule has 0 bridgehead atoms. The van der Waals surface area contributed by atoms with Gasteiger partial charge in [-0.15, -0.1) is 0 Å². The first-order valence-corrected chi connectivity index (χ1v) is 6.95. The van der Waals surface area contributed by atoms with Crippen LogP contribution in [0.15, 0.2) is 42.7 Å². The minimum absolute atomic E-state index is 0.709. The molecule has 0 aliphatic heterocycles. The molecule has 4 nitrogen and oxygen atoms in total. The lowest BCUT2D eigenvalue weighted by molar-refractivity contribution is 0.628. The molecule has 0 spiro atoms. The number of halogens is 1. The predicted octanol–water partition coefficient (Wildman–Crippen LogP) is 3.72. The highest BCUT2D eigenvalue weighted by molar-refractivity contribution is 6.35. The SMILES string of the molecule is CCn1nccc1CNc1ccc(Cl)c2cccnc12. The Kier molecular flexibility index (Phi) is 3.56. The molecule has 0 radical (unpaired) electrons. The summed E-state index contributed by atoms with van der Waals surface area (Å²) in [6.07, 6.45) is 3.60. The molecule has 3 aromatic rings. The molecule has 0 unspecified atom stereocenters. The van der Waals surface area contributed by atoms with Gasteiger partial charge in [0.1, 0.15) is 0 Å². The lowest BCUT2D eigenvalue weighted by Crippen LogP contribution is -2.08. The topological polar surface area (TPSA) is 42.7 Å². The third-order valence-electron chi connectivity index (χ3n) is 3.28. The maximum atomic E-state index is 6.19. The summed E-state index contributed by atoms with van der Waals surface area (Å²) >= 11 is 6.19. The van der Waals surface area contributed by atoms with Crippen molar-refractivity contribution in [1.82, 2.24) is 14.8 Å². The van der Waals surface area contributed by atoms with Crippen LogP contribution in [0.4, 0.5) is 5.69 Å². The van der Waals surface area contributed by atoms with E-state index >= 15 is 0 Å². The molecule has 2 heterocycles. The van der Waals surface area contributed by atoms with E-state index in [2.05, 4.69) is 22.3 Å². The first kappa shape index (κ1) is 12.9. The van der Waals surface area contributed by atoms with Gasteiger partial charge in [0.15, 0.2) is 0 Å². The first-order chi connectivity index (χ1) is 9.79. The fourth-order valence-electron chi connectivity index (χ4n) is 2.26. The van der Waals surface area contributed by atoms with Crippen LogP contribution in [0.25, 0.3) is 10.9 Å². The predicted molar refractivity (Wildman–Crippen MR) is 82.0 cm³/mol. The van der Waals surface area contributed by atoms with Crippen molar-refractivity contribution < 1.29 is 0 Å². The van der Waals surface area contributed by atoms with Crippen LogP contribution in [0.5, 0.6) is 0 Å². The van der Waals surface area contributed by atoms with Crippen LogP contribution in [0, 0.1) is 0 Å². The second kappa shape index (κ2) is 5.51. The van der Waals surface area contributed by atoms with Gasteiger partial charge in [0.05, 0.1) is 28.5 Å². The average Bonchev–Trinajstić information content (AvgIpc) is 2.94. The lowest BCUT2D eigenvalue weighted by Gasteiger charge is -2.11. The highest BCUT2D eigenvalue weighted by Gasteiger charge is 2.06. The van der Waals surface area contributed by atoms with Crippen LogP contribution < -0.4 is 5.32 Å². The minimum Gasteiger partial charge on any atom is -0.378 e. The number of fused-ring (bicyclic) bond motifs is 1. The Hall–Kier alpha value is -2.07. The highest BCUT2D eigenvalue weighted by Crippen LogP contribution is 2.28. The van der Waals surface area contributed by atoms with Crippen LogP contribution in [0.2, 0.25) is 5.02 Å². The van der Waals surface area contributed by atoms with Crippen LogP contribution in [0.1, 0.15) is 12.6 Å². The summed E-state index contributed by atoms with van der Waals surface area (Å²) < 4.78 is 1.97. The molecule has 1 N–H and O–H groups in total. The Morgan fingerprint density at radius 3 is 2.95 bits per heavy atom. The van der Waals surface area contributed by atoms with Crippen molar-refractivity contribution >= 4 is 28.2 Å². The van der Waals surface area contributed by atoms with E-state index in [1.807, 2.05) is 41.2 Å². The quantitative estimate of drug-likeness (QED) is 0.795. The van der Waals surface area contributed by atoms with E-state index in [9.17, 15) is 0 Å². The van der Waals surface area contributed by atoms with Crippen molar-refractivity contribution in [3.63, 3.8) is 0 Å². The number of rotatable bonds is 4. The van der Waals surface area contributed by atoms with E-state index < -0.39 is 0 Å². The Morgan fingerprint density at radius 1 is 1.20 bits per heavy atom. The molecule has 0 fully saturated rings. The van der Waals surface area contributed by atoms with Gasteiger partial charge in [0.2, 0.25) is 0 Å². The van der Waals surface area contributed by atoms with Crippen LogP contribution in [-0.4, -0.2) is 14.8 Å². The standard InChI is InChI=1S/C15H15ClN4/c1-2-20-11(7-9-19-20)10-18-14-6-5-13(16)12-4-3-8-17-15(12)14/h3-9,18H,2,10H2,1H3. The molecule has 3 rings (SSSR count). The maximum absolute atomic E-state index is 6.19. The van der Waals surface area contributed by atoms with Gasteiger partial charge in [-0.05, 0) is 37.3 Å². The molecule has 1 aromatic carbocycles. The van der Waals surface area contributed by atoms with E-state index in [1.165, 1.54) is 0 Å². The van der Waals surface area contributed by atoms with Crippen molar-refractivity contribution in [2.24, 2.45) is 0 Å². The number of benzene rings is 1. The Labute approximate surface area is 122 Å². The fourth-order valence-corrected chi connectivity index (χ4v) is 2.48. The zero-order valence-corrected chi connectivity index (χ0v) is 11.9. The second-order valence-corrected chi connectivity index (χ2v) is 4.89. The van der Waals surface area contributed by atoms with E-state index in [4.69, 9.17) is 11.6 Å². The summed E-state index contributed by atoms with van der Waals surface area (Å²) in [6.45, 7) is 3.65. The largest absolute Gasteiger partial charge is 0.378 e. The van der Waals surface area contributed by atoms with Crippen LogP contribution in [0.3, 0.4) is 0 Å². The van der Waals surface area contributed by atoms with Crippen molar-refractivity contribution in [3.05, 3.63) is 53.4 Å². The number of aryl methyl sites for hydroxylation is 1. The third-order valence-corrected chi connectivity index (χ3v) is 3.61. The Morgan fingerprint density at radius 2 is 2.10 bits per heavy atom. The van der Waals surface area contributed by atoms with Gasteiger partial charge < -0.3 is 5.32 Å². The summed E-state index contributed by atoms with van der Waals surface area (Å²) in [5, 5.41) is 9.35. The molecular formula is C15H15ClN4. The van der Waals surface area contributed by atoms with Crippen LogP contribution >= 0.6 is 11.6 Å². The molecule has 0 aliphatic rings. The molecule has 0 amide bonds. The van der Waals surface area contributed by atoms with Gasteiger partial charge in [-0.1, -0.05) is 11.6 Å². The van der Waals surface area contributed by atoms with Crippen molar-refractivity contribution in [2.45, 2.75) is 20.0 Å². The summed E-state index contributed by atoms with van der Waals surface area (Å²) in [6, 6.07) is 9.74. The summed E-state index contributed by atoms with van der Waals surface area (Å²) in [5.74, 6) is 0. The molecule has 0 atom stereocenters. The normalized spacial score (nSPS) is 10.9. The Balaban J connectivity index is 1.90. The molecule has 0 saturated carbocycles. The number of nitrogens with zero attached hydrogens (tertiary/aromatic N) is 3. The minimum atomic E-state index is 0.709. The number of hydrogen-bond donors (Lipinski definition) is 1. The fraction of sp³-hybridized carbons (Fsp3) is 0.200. The van der Waals surface area contributed by atoms with Gasteiger partial charge in [-0.3, -0.25) is 9.67 Å². The first-order valence-electron chi connectivity index (χ1n) is 6.57. The number of anilines is 1. The highest BCUT2D eigenvalue weighted by atomic mass is 35.5. The number of nitrogens with one attached hydrogen (secondary N) is 1. The number of pyridine rings is 1. The van der Waals surface area contributed by atoms with E-state index in [1.54, 1.807) is 6.20 Å². The zero-order valence-electron chi connectivity index (χ0n) is 11.2. The number of aromatic nitrogens is 3. The van der Waals surface area contributed by atoms with Gasteiger partial charge in [0.25, 0.3) is 0 Å². The van der Waals surface area contributed by atoms with Crippen molar-refractivity contribution in [2.75, 3.05) is 5.32 Å². The van der Waals surface area contributed by atoms with Crippen LogP contribution in [-0.2, 0) is 13.1 Å². The molecule has 0 aliphatic carbocycles. The lowest BCUT2D eigenvalue weighted by atomic mass is 10.2. The number of hydrogen-bond acceptors (Lipinski definition) is 3. The molecular weight excluding hydrogens is 272 g/mol. The molecule has 102 valence electrons. The van der Waals surface area contributed by atoms with E-state index in [0.717, 1.165) is 33.9 Å². The zero-order chi connectivity index (χ0) is 13.9. The van der Waals surface area contributed by atoms with E-state index in [0.29, 0.717) is 6.54 Å². The Bertz CT molecular complexity index is 736. The molecule has 0 saturated heterocycles. The average molecular weight is 287 g/mol. The summed E-state index contributed by atoms with van der Waals surface area (Å²) in [5.41, 5.74) is 3.02. The van der Waals surface area contributed by atoms with Gasteiger partial charge in [-0.2, -0.15) is 5.10 Å². The maximum Gasteiger partial charge on any atom is 0.0948 e. The third kappa shape index (κ3) is 2.34. The monoisotopic (exact) mass is 286 g/mol. The van der Waals surface area contributed by atoms with Crippen molar-refractivity contribution in [3.8, 4) is 0 Å². The molecule has 2 aromatic heterocycles. The van der Waals surface area contributed by atoms with E-state index in [-0.39, 0.29) is 0 Å². The molecule has 20 heavy (non-hydrogen) atoms.